The summed E-state index contributed by atoms with van der Waals surface area (Å²) in [5, 5.41) is 12.9. The molecule has 0 spiro atoms. The second-order valence-electron chi connectivity index (χ2n) is 7.62. The number of aromatic nitrogens is 1. The molecule has 0 saturated heterocycles. The third-order valence-corrected chi connectivity index (χ3v) is 5.74. The summed E-state index contributed by atoms with van der Waals surface area (Å²) < 4.78 is 16.5. The van der Waals surface area contributed by atoms with E-state index in [1.165, 1.54) is 12.5 Å². The number of pyridine rings is 1. The van der Waals surface area contributed by atoms with Crippen LogP contribution in [-0.4, -0.2) is 21.7 Å². The minimum Gasteiger partial charge on any atom is -0.477 e. The molecule has 1 saturated carbocycles. The lowest BCUT2D eigenvalue weighted by Crippen LogP contribution is -2.28. The average molecular weight is 370 g/mol. The Bertz CT molecular complexity index is 1000. The van der Waals surface area contributed by atoms with E-state index in [2.05, 4.69) is 11.9 Å². The molecule has 2 aromatic rings. The molecular weight excluding hydrogens is 347 g/mol. The molecule has 4 rings (SSSR count). The largest absolute Gasteiger partial charge is 0.477 e. The van der Waals surface area contributed by atoms with Crippen molar-refractivity contribution in [3.63, 3.8) is 0 Å². The van der Waals surface area contributed by atoms with E-state index in [1.807, 2.05) is 4.57 Å². The van der Waals surface area contributed by atoms with Crippen molar-refractivity contribution in [1.82, 2.24) is 4.57 Å². The smallest absolute Gasteiger partial charge is 0.341 e. The highest BCUT2D eigenvalue weighted by Gasteiger charge is 2.26. The first kappa shape index (κ1) is 17.8. The Morgan fingerprint density at radius 1 is 1.22 bits per heavy atom. The topological polar surface area (TPSA) is 71.3 Å². The van der Waals surface area contributed by atoms with Crippen molar-refractivity contribution in [2.45, 2.75) is 57.5 Å². The van der Waals surface area contributed by atoms with Gasteiger partial charge in [-0.1, -0.05) is 31.4 Å². The van der Waals surface area contributed by atoms with Gasteiger partial charge in [0.15, 0.2) is 0 Å². The molecule has 2 N–H and O–H groups in total. The Kier molecular flexibility index (Phi) is 4.50. The number of carbonyl (C=O) groups is 1. The fourth-order valence-corrected chi connectivity index (χ4v) is 4.35. The molecule has 1 fully saturated rings. The number of carboxylic acids is 1. The van der Waals surface area contributed by atoms with Crippen LogP contribution >= 0.6 is 0 Å². The van der Waals surface area contributed by atoms with Crippen molar-refractivity contribution in [3.05, 3.63) is 51.6 Å². The van der Waals surface area contributed by atoms with Gasteiger partial charge in [0.25, 0.3) is 0 Å². The molecule has 1 aromatic carbocycles. The van der Waals surface area contributed by atoms with Crippen LogP contribution in [0.25, 0.3) is 10.9 Å². The number of hydrogen-bond acceptors (Lipinski definition) is 3. The second-order valence-corrected chi connectivity index (χ2v) is 7.62. The van der Waals surface area contributed by atoms with Crippen LogP contribution in [0.4, 0.5) is 10.1 Å². The molecule has 0 amide bonds. The highest BCUT2D eigenvalue weighted by Crippen LogP contribution is 2.30. The van der Waals surface area contributed by atoms with Crippen molar-refractivity contribution < 1.29 is 14.3 Å². The van der Waals surface area contributed by atoms with Gasteiger partial charge in [-0.2, -0.15) is 0 Å². The third kappa shape index (κ3) is 3.13. The normalized spacial score (nSPS) is 17.7. The van der Waals surface area contributed by atoms with E-state index in [0.29, 0.717) is 36.3 Å². The number of allylic oxidation sites excluding steroid dienone is 1. The van der Waals surface area contributed by atoms with E-state index in [9.17, 15) is 19.1 Å². The molecule has 0 atom stereocenters. The molecule has 1 aliphatic carbocycles. The lowest BCUT2D eigenvalue weighted by atomic mass is 9.95. The van der Waals surface area contributed by atoms with Crippen molar-refractivity contribution in [2.75, 3.05) is 5.32 Å². The predicted octanol–water partition coefficient (Wildman–Crippen LogP) is 4.09. The number of carboxylic acid groups (broad SMARTS) is 1. The number of halogens is 1. The molecule has 1 aliphatic heterocycles. The van der Waals surface area contributed by atoms with Crippen LogP contribution < -0.4 is 10.7 Å². The zero-order chi connectivity index (χ0) is 19.1. The lowest BCUT2D eigenvalue weighted by Gasteiger charge is -2.27. The highest BCUT2D eigenvalue weighted by atomic mass is 19.1. The van der Waals surface area contributed by atoms with E-state index in [0.717, 1.165) is 31.3 Å². The Morgan fingerprint density at radius 3 is 2.67 bits per heavy atom. The second kappa shape index (κ2) is 6.83. The fraction of sp³-hybridized carbons (Fsp3) is 0.429. The zero-order valence-corrected chi connectivity index (χ0v) is 15.2. The number of anilines is 1. The maximum Gasteiger partial charge on any atom is 0.341 e. The van der Waals surface area contributed by atoms with Gasteiger partial charge in [-0.15, -0.1) is 0 Å². The molecule has 0 bridgehead atoms. The number of benzene rings is 1. The van der Waals surface area contributed by atoms with Crippen LogP contribution in [0, 0.1) is 5.82 Å². The van der Waals surface area contributed by atoms with Gasteiger partial charge in [0.2, 0.25) is 5.43 Å². The number of fused-ring (bicyclic) bond motifs is 3. The predicted molar refractivity (Wildman–Crippen MR) is 103 cm³/mol. The number of rotatable bonds is 3. The summed E-state index contributed by atoms with van der Waals surface area (Å²) >= 11 is 0. The lowest BCUT2D eigenvalue weighted by molar-refractivity contribution is 0.0693. The highest BCUT2D eigenvalue weighted by molar-refractivity contribution is 5.95. The molecular formula is C21H23FN2O3. The molecule has 5 nitrogen and oxygen atoms in total. The number of aromatic carboxylic acids is 1. The van der Waals surface area contributed by atoms with Crippen molar-refractivity contribution in [3.8, 4) is 0 Å². The zero-order valence-electron chi connectivity index (χ0n) is 15.2. The van der Waals surface area contributed by atoms with E-state index >= 15 is 0 Å². The van der Waals surface area contributed by atoms with Gasteiger partial charge >= 0.3 is 5.97 Å². The number of hydrogen-bond donors (Lipinski definition) is 2. The molecule has 6 heteroatoms. The molecule has 2 heterocycles. The summed E-state index contributed by atoms with van der Waals surface area (Å²) in [4.78, 5) is 24.5. The van der Waals surface area contributed by atoms with Gasteiger partial charge in [0.05, 0.1) is 11.2 Å². The summed E-state index contributed by atoms with van der Waals surface area (Å²) in [6.07, 6.45) is 6.58. The molecule has 142 valence electrons. The SMILES string of the molecule is C=C1CCc2c(C(=O)O)c(=O)c3cc(F)c(NC4CCCCC4)cc3n2C1. The van der Waals surface area contributed by atoms with Crippen LogP contribution in [0.5, 0.6) is 0 Å². The van der Waals surface area contributed by atoms with Gasteiger partial charge in [0, 0.05) is 23.7 Å². The first-order chi connectivity index (χ1) is 13.0. The number of nitrogens with one attached hydrogen (secondary N) is 1. The van der Waals surface area contributed by atoms with Crippen LogP contribution in [0.15, 0.2) is 29.1 Å². The minimum absolute atomic E-state index is 0.109. The van der Waals surface area contributed by atoms with Crippen molar-refractivity contribution in [2.24, 2.45) is 0 Å². The van der Waals surface area contributed by atoms with E-state index in [1.54, 1.807) is 6.07 Å². The first-order valence-corrected chi connectivity index (χ1v) is 9.51. The Morgan fingerprint density at radius 2 is 1.96 bits per heavy atom. The Hall–Kier alpha value is -2.63. The molecule has 1 aromatic heterocycles. The monoisotopic (exact) mass is 370 g/mol. The summed E-state index contributed by atoms with van der Waals surface area (Å²) in [7, 11) is 0. The van der Waals surface area contributed by atoms with Crippen molar-refractivity contribution >= 4 is 22.6 Å². The van der Waals surface area contributed by atoms with Gasteiger partial charge in [-0.3, -0.25) is 4.79 Å². The fourth-order valence-electron chi connectivity index (χ4n) is 4.35. The molecule has 27 heavy (non-hydrogen) atoms. The standard InChI is InChI=1S/C21H23FN2O3/c1-12-7-8-17-19(21(26)27)20(25)14-9-15(22)16(10-18(14)24(17)11-12)23-13-5-3-2-4-6-13/h9-10,13,23H,1-8,11H2,(H,26,27). The minimum atomic E-state index is -1.26. The summed E-state index contributed by atoms with van der Waals surface area (Å²) in [5.74, 6) is -1.78. The van der Waals surface area contributed by atoms with Crippen LogP contribution in [0.2, 0.25) is 0 Å². The quantitative estimate of drug-likeness (QED) is 0.799. The maximum atomic E-state index is 14.7. The van der Waals surface area contributed by atoms with Crippen LogP contribution in [0.1, 0.15) is 54.6 Å². The van der Waals surface area contributed by atoms with Gasteiger partial charge in [0.1, 0.15) is 11.4 Å². The molecule has 2 aliphatic rings. The van der Waals surface area contributed by atoms with Crippen molar-refractivity contribution in [1.29, 1.82) is 0 Å². The van der Waals surface area contributed by atoms with Gasteiger partial charge in [-0.05, 0) is 37.8 Å². The van der Waals surface area contributed by atoms with Gasteiger partial charge in [-0.25, -0.2) is 9.18 Å². The van der Waals surface area contributed by atoms with E-state index in [4.69, 9.17) is 0 Å². The average Bonchev–Trinajstić information content (AvgIpc) is 2.64. The summed E-state index contributed by atoms with van der Waals surface area (Å²) in [6, 6.07) is 3.07. The van der Waals surface area contributed by atoms with Crippen LogP contribution in [0.3, 0.4) is 0 Å². The Balaban J connectivity index is 1.90. The number of nitrogens with zero attached hydrogens (tertiary/aromatic N) is 1. The Labute approximate surface area is 156 Å². The molecule has 0 unspecified atom stereocenters. The summed E-state index contributed by atoms with van der Waals surface area (Å²) in [6.45, 7) is 4.46. The first-order valence-electron chi connectivity index (χ1n) is 9.51. The van der Waals surface area contributed by atoms with Crippen LogP contribution in [-0.2, 0) is 13.0 Å². The van der Waals surface area contributed by atoms with E-state index < -0.39 is 17.2 Å². The third-order valence-electron chi connectivity index (χ3n) is 5.74. The van der Waals surface area contributed by atoms with E-state index in [-0.39, 0.29) is 17.0 Å². The maximum absolute atomic E-state index is 14.7. The molecule has 0 radical (unpaired) electrons. The summed E-state index contributed by atoms with van der Waals surface area (Å²) in [5.41, 5.74) is 1.56. The van der Waals surface area contributed by atoms with Gasteiger partial charge < -0.3 is 15.0 Å².